The van der Waals surface area contributed by atoms with Crippen molar-refractivity contribution < 1.29 is 14.7 Å². The number of aliphatic carboxylic acids is 1. The lowest BCUT2D eigenvalue weighted by molar-refractivity contribution is -0.148. The van der Waals surface area contributed by atoms with Crippen LogP contribution in [0, 0.1) is 0 Å². The molecule has 0 radical (unpaired) electrons. The molecule has 0 aromatic rings. The second-order valence-corrected chi connectivity index (χ2v) is 1.55. The summed E-state index contributed by atoms with van der Waals surface area (Å²) in [5.74, 6) is -2.28. The monoisotopic (exact) mass is 148 g/mol. The molecule has 0 spiro atoms. The van der Waals surface area contributed by atoms with Gasteiger partial charge >= 0.3 is 5.97 Å². The van der Waals surface area contributed by atoms with Crippen LogP contribution in [0.4, 0.5) is 0 Å². The molecule has 0 bridgehead atoms. The van der Waals surface area contributed by atoms with E-state index in [-0.39, 0.29) is 6.42 Å². The number of halogens is 1. The molecule has 0 heterocycles. The zero-order valence-corrected chi connectivity index (χ0v) is 5.26. The van der Waals surface area contributed by atoms with Gasteiger partial charge in [-0.2, -0.15) is 0 Å². The molecular weight excluding hydrogens is 144 g/mol. The van der Waals surface area contributed by atoms with E-state index in [2.05, 4.69) is 0 Å². The molecule has 0 aliphatic rings. The van der Waals surface area contributed by atoms with Gasteiger partial charge in [-0.1, -0.05) is 17.7 Å². The summed E-state index contributed by atoms with van der Waals surface area (Å²) >= 11 is 5.02. The molecular formula is C5H5ClO3. The van der Waals surface area contributed by atoms with Gasteiger partial charge in [0.15, 0.2) is 0 Å². The Bertz CT molecular complexity index is 150. The lowest BCUT2D eigenvalue weighted by Crippen LogP contribution is -2.10. The molecule has 0 saturated carbocycles. The molecule has 0 aliphatic heterocycles. The normalized spacial score (nSPS) is 9.89. The quantitative estimate of drug-likeness (QED) is 0.602. The molecule has 50 valence electrons. The van der Waals surface area contributed by atoms with Crippen molar-refractivity contribution in [2.45, 2.75) is 6.42 Å². The van der Waals surface area contributed by atoms with Gasteiger partial charge in [0.2, 0.25) is 5.78 Å². The number of carbonyl (C=O) groups excluding carboxylic acids is 1. The van der Waals surface area contributed by atoms with E-state index < -0.39 is 11.8 Å². The molecule has 0 rings (SSSR count). The lowest BCUT2D eigenvalue weighted by atomic mass is 10.3. The lowest BCUT2D eigenvalue weighted by Gasteiger charge is -1.83. The van der Waals surface area contributed by atoms with Crippen molar-refractivity contribution in [3.63, 3.8) is 0 Å². The van der Waals surface area contributed by atoms with E-state index in [0.29, 0.717) is 0 Å². The van der Waals surface area contributed by atoms with E-state index in [9.17, 15) is 9.59 Å². The minimum absolute atomic E-state index is 0.140. The molecule has 3 nitrogen and oxygen atoms in total. The first-order valence-corrected chi connectivity index (χ1v) is 2.63. The predicted octanol–water partition coefficient (Wildman–Crippen LogP) is 0.783. The zero-order valence-electron chi connectivity index (χ0n) is 4.50. The average molecular weight is 149 g/mol. The van der Waals surface area contributed by atoms with Crippen molar-refractivity contribution in [1.29, 1.82) is 0 Å². The van der Waals surface area contributed by atoms with E-state index in [1.165, 1.54) is 6.08 Å². The number of allylic oxidation sites excluding steroid dienone is 1. The van der Waals surface area contributed by atoms with Crippen molar-refractivity contribution in [1.82, 2.24) is 0 Å². The summed E-state index contributed by atoms with van der Waals surface area (Å²) in [6, 6.07) is 0. The zero-order chi connectivity index (χ0) is 7.28. The van der Waals surface area contributed by atoms with Crippen LogP contribution in [0.5, 0.6) is 0 Å². The van der Waals surface area contributed by atoms with E-state index >= 15 is 0 Å². The molecule has 0 amide bonds. The van der Waals surface area contributed by atoms with Crippen LogP contribution in [0.15, 0.2) is 11.6 Å². The van der Waals surface area contributed by atoms with Crippen molar-refractivity contribution in [3.8, 4) is 0 Å². The standard InChI is InChI=1S/C5H5ClO3/c6-3-1-2-4(7)5(8)9/h1,3H,2H2,(H,8,9). The van der Waals surface area contributed by atoms with Crippen LogP contribution in [0.1, 0.15) is 6.42 Å². The first-order chi connectivity index (χ1) is 4.18. The van der Waals surface area contributed by atoms with Crippen LogP contribution in [0.25, 0.3) is 0 Å². The van der Waals surface area contributed by atoms with Crippen LogP contribution < -0.4 is 0 Å². The number of carboxylic acid groups (broad SMARTS) is 1. The summed E-state index contributed by atoms with van der Waals surface area (Å²) in [6.45, 7) is 0. The topological polar surface area (TPSA) is 54.4 Å². The van der Waals surface area contributed by atoms with Gasteiger partial charge in [-0.3, -0.25) is 4.79 Å². The Labute approximate surface area is 56.9 Å². The summed E-state index contributed by atoms with van der Waals surface area (Å²) in [6.07, 6.45) is 1.14. The van der Waals surface area contributed by atoms with Crippen molar-refractivity contribution in [3.05, 3.63) is 11.6 Å². The van der Waals surface area contributed by atoms with E-state index in [1.807, 2.05) is 0 Å². The largest absolute Gasteiger partial charge is 0.475 e. The molecule has 0 aromatic heterocycles. The Balaban J connectivity index is 3.65. The fourth-order valence-corrected chi connectivity index (χ4v) is 0.328. The van der Waals surface area contributed by atoms with Crippen LogP contribution in [-0.4, -0.2) is 16.9 Å². The van der Waals surface area contributed by atoms with Crippen LogP contribution in [0.2, 0.25) is 0 Å². The first kappa shape index (κ1) is 8.17. The third-order valence-electron chi connectivity index (χ3n) is 0.631. The Hall–Kier alpha value is -0.830. The fourth-order valence-electron chi connectivity index (χ4n) is 0.239. The number of carboxylic acids is 1. The SMILES string of the molecule is O=C(O)C(=O)CC=CCl. The number of hydrogen-bond acceptors (Lipinski definition) is 2. The van der Waals surface area contributed by atoms with Gasteiger partial charge in [-0.25, -0.2) is 4.79 Å². The second-order valence-electron chi connectivity index (χ2n) is 1.29. The van der Waals surface area contributed by atoms with Gasteiger partial charge in [-0.15, -0.1) is 0 Å². The summed E-state index contributed by atoms with van der Waals surface area (Å²) < 4.78 is 0. The Morgan fingerprint density at radius 2 is 2.11 bits per heavy atom. The average Bonchev–Trinajstić information content (AvgIpc) is 1.82. The highest BCUT2D eigenvalue weighted by atomic mass is 35.5. The molecule has 0 saturated heterocycles. The number of Topliss-reactive ketones (excluding diaryl/α,β-unsaturated/α-hetero) is 1. The third kappa shape index (κ3) is 3.73. The van der Waals surface area contributed by atoms with Crippen LogP contribution in [0.3, 0.4) is 0 Å². The van der Waals surface area contributed by atoms with Gasteiger partial charge < -0.3 is 5.11 Å². The smallest absolute Gasteiger partial charge is 0.372 e. The van der Waals surface area contributed by atoms with Crippen molar-refractivity contribution >= 4 is 23.4 Å². The molecule has 9 heavy (non-hydrogen) atoms. The van der Waals surface area contributed by atoms with E-state index in [0.717, 1.165) is 5.54 Å². The third-order valence-corrected chi connectivity index (χ3v) is 0.809. The molecule has 0 aliphatic carbocycles. The summed E-state index contributed by atoms with van der Waals surface area (Å²) in [4.78, 5) is 20.0. The number of hydrogen-bond donors (Lipinski definition) is 1. The summed E-state index contributed by atoms with van der Waals surface area (Å²) in [7, 11) is 0. The number of carbonyl (C=O) groups is 2. The van der Waals surface area contributed by atoms with Crippen molar-refractivity contribution in [2.24, 2.45) is 0 Å². The minimum atomic E-state index is -1.43. The number of rotatable bonds is 3. The van der Waals surface area contributed by atoms with Gasteiger partial charge in [0.1, 0.15) is 0 Å². The molecule has 0 fully saturated rings. The van der Waals surface area contributed by atoms with Gasteiger partial charge in [-0.05, 0) is 0 Å². The van der Waals surface area contributed by atoms with Gasteiger partial charge in [0.25, 0.3) is 0 Å². The maximum atomic E-state index is 10.2. The Morgan fingerprint density at radius 1 is 1.56 bits per heavy atom. The highest BCUT2D eigenvalue weighted by molar-refractivity contribution is 6.33. The van der Waals surface area contributed by atoms with E-state index in [1.54, 1.807) is 0 Å². The molecule has 0 aromatic carbocycles. The highest BCUT2D eigenvalue weighted by Crippen LogP contribution is 1.87. The summed E-state index contributed by atoms with van der Waals surface area (Å²) in [5, 5.41) is 7.98. The second kappa shape index (κ2) is 4.09. The Morgan fingerprint density at radius 3 is 2.44 bits per heavy atom. The number of ketones is 1. The first-order valence-electron chi connectivity index (χ1n) is 2.20. The fraction of sp³-hybridized carbons (Fsp3) is 0.200. The minimum Gasteiger partial charge on any atom is -0.475 e. The maximum Gasteiger partial charge on any atom is 0.372 e. The Kier molecular flexibility index (Phi) is 3.71. The van der Waals surface area contributed by atoms with Crippen molar-refractivity contribution in [2.75, 3.05) is 0 Å². The van der Waals surface area contributed by atoms with Crippen LogP contribution in [-0.2, 0) is 9.59 Å². The highest BCUT2D eigenvalue weighted by Gasteiger charge is 2.06. The predicted molar refractivity (Wildman–Crippen MR) is 32.3 cm³/mol. The van der Waals surface area contributed by atoms with Gasteiger partial charge in [0, 0.05) is 12.0 Å². The molecule has 0 unspecified atom stereocenters. The van der Waals surface area contributed by atoms with E-state index in [4.69, 9.17) is 16.7 Å². The van der Waals surface area contributed by atoms with Crippen LogP contribution >= 0.6 is 11.6 Å². The maximum absolute atomic E-state index is 10.2. The molecule has 4 heteroatoms. The molecule has 0 atom stereocenters. The van der Waals surface area contributed by atoms with Gasteiger partial charge in [0.05, 0.1) is 0 Å². The molecule has 1 N–H and O–H groups in total. The summed E-state index contributed by atoms with van der Waals surface area (Å²) in [5.41, 5.74) is 1.11.